The second-order valence-corrected chi connectivity index (χ2v) is 9.64. The molecule has 0 spiro atoms. The molecule has 2 nitrogen and oxygen atoms in total. The Morgan fingerprint density at radius 3 is 1.60 bits per heavy atom. The third-order valence-electron chi connectivity index (χ3n) is 2.35. The number of amides is 1. The van der Waals surface area contributed by atoms with Crippen molar-refractivity contribution in [3.63, 3.8) is 0 Å². The first-order chi connectivity index (χ1) is 9.48. The number of nitrogens with zero attached hydrogens (tertiary/aromatic N) is 1. The Hall–Kier alpha value is -0.701. The van der Waals surface area contributed by atoms with Gasteiger partial charge in [-0.25, -0.2) is 0 Å². The Morgan fingerprint density at radius 2 is 1.25 bits per heavy atom. The Labute approximate surface area is 136 Å². The van der Waals surface area contributed by atoms with Crippen molar-refractivity contribution in [2.24, 2.45) is 3.96 Å². The van der Waals surface area contributed by atoms with E-state index < -0.39 is 23.4 Å². The summed E-state index contributed by atoms with van der Waals surface area (Å²) in [6.45, 7) is 0. The van der Waals surface area contributed by atoms with Crippen LogP contribution in [0.1, 0.15) is 0 Å². The number of halogens is 3. The topological polar surface area (TPSA) is 29.4 Å². The monoisotopic (exact) mass is 393 g/mol. The van der Waals surface area contributed by atoms with Gasteiger partial charge in [0.2, 0.25) is 0 Å². The molecule has 0 aliphatic rings. The van der Waals surface area contributed by atoms with E-state index in [4.69, 9.17) is 34.8 Å². The van der Waals surface area contributed by atoms with E-state index in [0.717, 1.165) is 8.92 Å². The normalized spacial score (nSPS) is 11.4. The first-order valence-corrected chi connectivity index (χ1v) is 9.27. The second kappa shape index (κ2) is 6.84. The van der Waals surface area contributed by atoms with Crippen molar-refractivity contribution < 1.29 is 4.79 Å². The van der Waals surface area contributed by atoms with E-state index >= 15 is 0 Å². The Kier molecular flexibility index (Phi) is 5.36. The van der Waals surface area contributed by atoms with Gasteiger partial charge in [-0.05, 0) is 0 Å². The molecule has 0 unspecified atom stereocenters. The molecule has 0 aliphatic heterocycles. The zero-order valence-corrected chi connectivity index (χ0v) is 14.2. The number of carbonyl (C=O) groups excluding carboxylic acids is 1. The molecule has 6 heteroatoms. The fraction of sp³-hybridized carbons (Fsp3) is 0.0714. The molecule has 0 saturated heterocycles. The number of alkyl halides is 3. The van der Waals surface area contributed by atoms with E-state index in [9.17, 15) is 4.79 Å². The number of hydrogen-bond acceptors (Lipinski definition) is 1. The van der Waals surface area contributed by atoms with Crippen LogP contribution in [0.15, 0.2) is 64.6 Å². The van der Waals surface area contributed by atoms with E-state index in [1.54, 1.807) is 0 Å². The molecule has 0 fully saturated rings. The van der Waals surface area contributed by atoms with Crippen LogP contribution in [0.4, 0.5) is 0 Å². The number of carbonyl (C=O) groups is 1. The molecule has 0 N–H and O–H groups in total. The summed E-state index contributed by atoms with van der Waals surface area (Å²) in [4.78, 5) is 11.9. The summed E-state index contributed by atoms with van der Waals surface area (Å²) in [7, 11) is 0. The SMILES string of the molecule is O=C(N=[Se](c1ccccc1)c1ccccc1)C(Cl)(Cl)Cl. The Morgan fingerprint density at radius 1 is 0.850 bits per heavy atom. The van der Waals surface area contributed by atoms with Crippen molar-refractivity contribution >= 4 is 63.3 Å². The maximum absolute atomic E-state index is 11.9. The molecular weight excluding hydrogens is 383 g/mol. The average Bonchev–Trinajstić information content (AvgIpc) is 2.45. The minimum absolute atomic E-state index is 0.722. The van der Waals surface area contributed by atoms with Crippen LogP contribution in [0.3, 0.4) is 0 Å². The summed E-state index contributed by atoms with van der Waals surface area (Å²) in [6.07, 6.45) is 0. The summed E-state index contributed by atoms with van der Waals surface area (Å²) in [5.74, 6) is -0.722. The summed E-state index contributed by atoms with van der Waals surface area (Å²) in [5.41, 5.74) is 0. The molecular formula is C14H10Cl3NOSe. The molecule has 20 heavy (non-hydrogen) atoms. The standard InChI is InChI=1S/C14H10Cl3NOSe/c15-14(16,17)13(19)18-20(11-7-3-1-4-8-11)12-9-5-2-6-10-12/h1-10H. The Balaban J connectivity index is 2.52. The summed E-state index contributed by atoms with van der Waals surface area (Å²) >= 11 is 14.9. The third kappa shape index (κ3) is 4.14. The molecule has 2 rings (SSSR count). The van der Waals surface area contributed by atoms with Gasteiger partial charge >= 0.3 is 137 Å². The zero-order valence-electron chi connectivity index (χ0n) is 10.2. The van der Waals surface area contributed by atoms with Crippen molar-refractivity contribution in [1.29, 1.82) is 0 Å². The molecule has 0 saturated carbocycles. The fourth-order valence-electron chi connectivity index (χ4n) is 1.47. The van der Waals surface area contributed by atoms with Crippen LogP contribution < -0.4 is 8.92 Å². The van der Waals surface area contributed by atoms with E-state index in [1.807, 2.05) is 60.7 Å². The van der Waals surface area contributed by atoms with E-state index in [1.165, 1.54) is 0 Å². The molecule has 2 aromatic rings. The summed E-state index contributed by atoms with van der Waals surface area (Å²) in [6, 6.07) is 19.2. The first kappa shape index (κ1) is 15.7. The van der Waals surface area contributed by atoms with Gasteiger partial charge in [-0.2, -0.15) is 0 Å². The van der Waals surface area contributed by atoms with Gasteiger partial charge in [-0.1, -0.05) is 0 Å². The van der Waals surface area contributed by atoms with Crippen LogP contribution in [0.25, 0.3) is 0 Å². The zero-order chi connectivity index (χ0) is 14.6. The van der Waals surface area contributed by atoms with Crippen LogP contribution in [0.2, 0.25) is 0 Å². The molecule has 2 aromatic carbocycles. The van der Waals surface area contributed by atoms with Crippen molar-refractivity contribution in [2.45, 2.75) is 3.79 Å². The van der Waals surface area contributed by atoms with Crippen LogP contribution in [0.5, 0.6) is 0 Å². The van der Waals surface area contributed by atoms with Gasteiger partial charge in [0, 0.05) is 0 Å². The molecule has 0 bridgehead atoms. The number of rotatable bonds is 2. The van der Waals surface area contributed by atoms with Crippen molar-refractivity contribution in [2.75, 3.05) is 0 Å². The molecule has 104 valence electrons. The third-order valence-corrected chi connectivity index (χ3v) is 6.58. The first-order valence-electron chi connectivity index (χ1n) is 5.66. The van der Waals surface area contributed by atoms with Gasteiger partial charge in [-0.3, -0.25) is 0 Å². The van der Waals surface area contributed by atoms with Crippen LogP contribution >= 0.6 is 34.8 Å². The predicted octanol–water partition coefficient (Wildman–Crippen LogP) is 2.96. The van der Waals surface area contributed by atoms with E-state index in [0.29, 0.717) is 0 Å². The fourth-order valence-corrected chi connectivity index (χ4v) is 5.33. The van der Waals surface area contributed by atoms with Gasteiger partial charge in [0.05, 0.1) is 0 Å². The van der Waals surface area contributed by atoms with Crippen LogP contribution in [0, 0.1) is 0 Å². The van der Waals surface area contributed by atoms with Gasteiger partial charge in [-0.15, -0.1) is 0 Å². The molecule has 0 aliphatic carbocycles. The Bertz CT molecular complexity index is 582. The summed E-state index contributed by atoms with van der Waals surface area (Å²) < 4.78 is 4.14. The number of hydrogen-bond donors (Lipinski definition) is 0. The van der Waals surface area contributed by atoms with Crippen molar-refractivity contribution in [1.82, 2.24) is 0 Å². The predicted molar refractivity (Wildman–Crippen MR) is 85.6 cm³/mol. The second-order valence-electron chi connectivity index (χ2n) is 3.80. The number of benzene rings is 2. The van der Waals surface area contributed by atoms with Gasteiger partial charge in [0.1, 0.15) is 0 Å². The maximum atomic E-state index is 11.9. The quantitative estimate of drug-likeness (QED) is 0.570. The van der Waals surface area contributed by atoms with Gasteiger partial charge in [0.25, 0.3) is 0 Å². The van der Waals surface area contributed by atoms with E-state index in [2.05, 4.69) is 3.96 Å². The molecule has 0 atom stereocenters. The molecule has 0 aromatic heterocycles. The van der Waals surface area contributed by atoms with Gasteiger partial charge < -0.3 is 0 Å². The minimum atomic E-state index is -2.01. The van der Waals surface area contributed by atoms with Gasteiger partial charge in [0.15, 0.2) is 0 Å². The molecule has 1 amide bonds. The van der Waals surface area contributed by atoms with Crippen LogP contribution in [-0.2, 0) is 4.79 Å². The van der Waals surface area contributed by atoms with Crippen molar-refractivity contribution in [3.05, 3.63) is 60.7 Å². The molecule has 0 heterocycles. The van der Waals surface area contributed by atoms with Crippen LogP contribution in [-0.4, -0.2) is 23.4 Å². The average molecular weight is 394 g/mol. The molecule has 0 radical (unpaired) electrons. The van der Waals surface area contributed by atoms with E-state index in [-0.39, 0.29) is 0 Å². The van der Waals surface area contributed by atoms with Crippen molar-refractivity contribution in [3.8, 4) is 0 Å². The summed E-state index contributed by atoms with van der Waals surface area (Å²) in [5, 5.41) is 0.